The normalized spacial score (nSPS) is 14.6. The lowest BCUT2D eigenvalue weighted by Crippen LogP contribution is -2.31. The van der Waals surface area contributed by atoms with Crippen molar-refractivity contribution in [3.05, 3.63) is 35.4 Å². The molecule has 1 rings (SSSR count). The predicted molar refractivity (Wildman–Crippen MR) is 81.0 cm³/mol. The lowest BCUT2D eigenvalue weighted by molar-refractivity contribution is 0.245. The summed E-state index contributed by atoms with van der Waals surface area (Å²) in [4.78, 5) is 0. The van der Waals surface area contributed by atoms with Crippen molar-refractivity contribution in [1.29, 1.82) is 0 Å². The summed E-state index contributed by atoms with van der Waals surface area (Å²) in [6.45, 7) is 13.7. The van der Waals surface area contributed by atoms with Crippen LogP contribution in [-0.2, 0) is 5.41 Å². The zero-order chi connectivity index (χ0) is 14.0. The van der Waals surface area contributed by atoms with Crippen LogP contribution in [0.5, 0.6) is 0 Å². The first kappa shape index (κ1) is 15.2. The zero-order valence-corrected chi connectivity index (χ0v) is 13.1. The van der Waals surface area contributed by atoms with Crippen molar-refractivity contribution in [3.8, 4) is 0 Å². The summed E-state index contributed by atoms with van der Waals surface area (Å²) in [6, 6.07) is 9.51. The van der Waals surface area contributed by atoms with Gasteiger partial charge in [-0.25, -0.2) is 0 Å². The van der Waals surface area contributed by atoms with E-state index in [2.05, 4.69) is 78.2 Å². The Labute approximate surface area is 113 Å². The van der Waals surface area contributed by atoms with Gasteiger partial charge < -0.3 is 5.32 Å². The number of rotatable bonds is 4. The molecule has 0 amide bonds. The lowest BCUT2D eigenvalue weighted by atomic mass is 9.77. The molecule has 1 N–H and O–H groups in total. The minimum absolute atomic E-state index is 0.230. The van der Waals surface area contributed by atoms with Crippen LogP contribution in [0.25, 0.3) is 0 Å². The molecule has 0 bridgehead atoms. The van der Waals surface area contributed by atoms with E-state index < -0.39 is 0 Å². The fourth-order valence-corrected chi connectivity index (χ4v) is 2.39. The summed E-state index contributed by atoms with van der Waals surface area (Å²) in [5, 5.41) is 3.47. The van der Waals surface area contributed by atoms with Crippen molar-refractivity contribution in [2.45, 2.75) is 59.4 Å². The van der Waals surface area contributed by atoms with Gasteiger partial charge in [0.25, 0.3) is 0 Å². The van der Waals surface area contributed by atoms with Crippen molar-refractivity contribution in [3.63, 3.8) is 0 Å². The van der Waals surface area contributed by atoms with Crippen molar-refractivity contribution >= 4 is 0 Å². The van der Waals surface area contributed by atoms with E-state index in [1.807, 2.05) is 0 Å². The average Bonchev–Trinajstić information content (AvgIpc) is 2.29. The molecule has 0 fully saturated rings. The van der Waals surface area contributed by atoms with E-state index in [-0.39, 0.29) is 10.8 Å². The van der Waals surface area contributed by atoms with Gasteiger partial charge in [0.2, 0.25) is 0 Å². The van der Waals surface area contributed by atoms with Crippen LogP contribution < -0.4 is 5.32 Å². The molecule has 0 saturated heterocycles. The molecule has 0 aliphatic rings. The molecule has 0 aliphatic heterocycles. The highest BCUT2D eigenvalue weighted by atomic mass is 14.9. The molecule has 0 saturated carbocycles. The first-order chi connectivity index (χ1) is 8.22. The van der Waals surface area contributed by atoms with Crippen molar-refractivity contribution in [2.24, 2.45) is 5.41 Å². The fourth-order valence-electron chi connectivity index (χ4n) is 2.39. The molecule has 102 valence electrons. The van der Waals surface area contributed by atoms with Crippen LogP contribution in [0, 0.1) is 5.41 Å². The summed E-state index contributed by atoms with van der Waals surface area (Å²) >= 11 is 0. The average molecular weight is 247 g/mol. The molecule has 0 aromatic heterocycles. The van der Waals surface area contributed by atoms with E-state index in [0.717, 1.165) is 0 Å². The second kappa shape index (κ2) is 5.44. The maximum atomic E-state index is 3.47. The molecule has 18 heavy (non-hydrogen) atoms. The third-order valence-corrected chi connectivity index (χ3v) is 4.09. The first-order valence-electron chi connectivity index (χ1n) is 7.00. The molecule has 1 aromatic carbocycles. The highest BCUT2D eigenvalue weighted by Crippen LogP contribution is 2.36. The van der Waals surface area contributed by atoms with Gasteiger partial charge in [-0.15, -0.1) is 0 Å². The fraction of sp³-hybridized carbons (Fsp3) is 0.647. The molecule has 0 aliphatic carbocycles. The zero-order valence-electron chi connectivity index (χ0n) is 13.1. The van der Waals surface area contributed by atoms with E-state index in [1.54, 1.807) is 0 Å². The van der Waals surface area contributed by atoms with Crippen LogP contribution in [0.2, 0.25) is 0 Å². The maximum Gasteiger partial charge on any atom is 0.0369 e. The number of hydrogen-bond donors (Lipinski definition) is 1. The van der Waals surface area contributed by atoms with E-state index in [4.69, 9.17) is 0 Å². The minimum atomic E-state index is 0.230. The Kier molecular flexibility index (Phi) is 4.61. The molecule has 0 radical (unpaired) electrons. The smallest absolute Gasteiger partial charge is 0.0369 e. The Bertz CT molecular complexity index is 368. The van der Waals surface area contributed by atoms with Crippen molar-refractivity contribution in [1.82, 2.24) is 5.32 Å². The van der Waals surface area contributed by atoms with Gasteiger partial charge in [-0.05, 0) is 35.4 Å². The van der Waals surface area contributed by atoms with E-state index in [1.165, 1.54) is 17.5 Å². The van der Waals surface area contributed by atoms with Gasteiger partial charge >= 0.3 is 0 Å². The van der Waals surface area contributed by atoms with Crippen LogP contribution in [0.4, 0.5) is 0 Å². The third-order valence-electron chi connectivity index (χ3n) is 4.09. The Morgan fingerprint density at radius 2 is 1.50 bits per heavy atom. The Morgan fingerprint density at radius 1 is 1.00 bits per heavy atom. The molecular weight excluding hydrogens is 218 g/mol. The quantitative estimate of drug-likeness (QED) is 0.814. The lowest BCUT2D eigenvalue weighted by Gasteiger charge is -2.34. The van der Waals surface area contributed by atoms with Crippen LogP contribution in [-0.4, -0.2) is 7.05 Å². The monoisotopic (exact) mass is 247 g/mol. The SMILES string of the molecule is CCC(C)(C)C(NC)c1ccc(C(C)(C)C)cc1. The topological polar surface area (TPSA) is 12.0 Å². The van der Waals surface area contributed by atoms with Gasteiger partial charge in [0.15, 0.2) is 0 Å². The maximum absolute atomic E-state index is 3.47. The van der Waals surface area contributed by atoms with Gasteiger partial charge in [-0.3, -0.25) is 0 Å². The molecule has 0 spiro atoms. The molecule has 1 nitrogen and oxygen atoms in total. The van der Waals surface area contributed by atoms with E-state index >= 15 is 0 Å². The van der Waals surface area contributed by atoms with Gasteiger partial charge in [-0.2, -0.15) is 0 Å². The van der Waals surface area contributed by atoms with Crippen LogP contribution in [0.1, 0.15) is 65.1 Å². The molecule has 0 heterocycles. The molecule has 1 heteroatoms. The predicted octanol–water partition coefficient (Wildman–Crippen LogP) is 4.68. The summed E-state index contributed by atoms with van der Waals surface area (Å²) in [5.74, 6) is 0. The largest absolute Gasteiger partial charge is 0.313 e. The molecule has 1 atom stereocenters. The first-order valence-corrected chi connectivity index (χ1v) is 7.00. The van der Waals surface area contributed by atoms with E-state index in [9.17, 15) is 0 Å². The van der Waals surface area contributed by atoms with Crippen molar-refractivity contribution in [2.75, 3.05) is 7.05 Å². The summed E-state index contributed by atoms with van der Waals surface area (Å²) < 4.78 is 0. The highest BCUT2D eigenvalue weighted by molar-refractivity contribution is 5.30. The van der Waals surface area contributed by atoms with Crippen LogP contribution in [0.15, 0.2) is 24.3 Å². The standard InChI is InChI=1S/C17H29N/c1-8-17(5,6)15(18-7)13-9-11-14(12-10-13)16(2,3)4/h9-12,15,18H,8H2,1-7H3. The molecular formula is C17H29N. The molecule has 1 aromatic rings. The Hall–Kier alpha value is -0.820. The van der Waals surface area contributed by atoms with Gasteiger partial charge in [0, 0.05) is 6.04 Å². The number of hydrogen-bond acceptors (Lipinski definition) is 1. The van der Waals surface area contributed by atoms with E-state index in [0.29, 0.717) is 6.04 Å². The molecule has 1 unspecified atom stereocenters. The number of benzene rings is 1. The number of nitrogens with one attached hydrogen (secondary N) is 1. The third kappa shape index (κ3) is 3.35. The van der Waals surface area contributed by atoms with Crippen LogP contribution in [0.3, 0.4) is 0 Å². The summed E-state index contributed by atoms with van der Waals surface area (Å²) in [7, 11) is 2.06. The highest BCUT2D eigenvalue weighted by Gasteiger charge is 2.27. The second-order valence-electron chi connectivity index (χ2n) is 6.94. The van der Waals surface area contributed by atoms with Gasteiger partial charge in [-0.1, -0.05) is 65.8 Å². The summed E-state index contributed by atoms with van der Waals surface area (Å²) in [6.07, 6.45) is 1.17. The minimum Gasteiger partial charge on any atom is -0.313 e. The Balaban J connectivity index is 3.03. The van der Waals surface area contributed by atoms with Gasteiger partial charge in [0.1, 0.15) is 0 Å². The van der Waals surface area contributed by atoms with Crippen molar-refractivity contribution < 1.29 is 0 Å². The Morgan fingerprint density at radius 3 is 1.83 bits per heavy atom. The van der Waals surface area contributed by atoms with Gasteiger partial charge in [0.05, 0.1) is 0 Å². The van der Waals surface area contributed by atoms with Crippen LogP contribution >= 0.6 is 0 Å². The summed E-state index contributed by atoms with van der Waals surface area (Å²) in [5.41, 5.74) is 3.29. The second-order valence-corrected chi connectivity index (χ2v) is 6.94.